The molecule has 96 heavy (non-hydrogen) atoms. The van der Waals surface area contributed by atoms with Gasteiger partial charge in [0.2, 0.25) is 35.1 Å². The van der Waals surface area contributed by atoms with E-state index in [0.717, 1.165) is 35.0 Å². The number of rotatable bonds is 11. The lowest BCUT2D eigenvalue weighted by Crippen LogP contribution is -2.71. The van der Waals surface area contributed by atoms with Gasteiger partial charge < -0.3 is 70.8 Å². The number of carboxylic acid groups (broad SMARTS) is 2. The van der Waals surface area contributed by atoms with Crippen molar-refractivity contribution in [3.63, 3.8) is 0 Å². The number of carbonyl (C=O) groups excluding carboxylic acids is 6. The number of nitrogens with one attached hydrogen (secondary N) is 4. The maximum atomic E-state index is 14.2. The van der Waals surface area contributed by atoms with Crippen molar-refractivity contribution < 1.29 is 78.5 Å². The highest BCUT2D eigenvalue weighted by Gasteiger charge is 2.72. The number of ether oxygens (including phenoxy) is 2. The van der Waals surface area contributed by atoms with Crippen LogP contribution >= 0.6 is 0 Å². The molecular formula is C70H80N10O16. The van der Waals surface area contributed by atoms with E-state index in [1.165, 1.54) is 56.7 Å². The van der Waals surface area contributed by atoms with Gasteiger partial charge in [-0.05, 0) is 125 Å². The molecule has 16 atom stereocenters. The molecule has 8 fully saturated rings. The van der Waals surface area contributed by atoms with Crippen molar-refractivity contribution in [1.82, 2.24) is 50.0 Å². The maximum Gasteiger partial charge on any atom is 0.335 e. The number of hydrogen-bond donors (Lipinski definition) is 10. The quantitative estimate of drug-likeness (QED) is 0.0887. The van der Waals surface area contributed by atoms with Crippen molar-refractivity contribution >= 4 is 69.2 Å². The zero-order valence-corrected chi connectivity index (χ0v) is 53.7. The molecule has 16 rings (SSSR count). The summed E-state index contributed by atoms with van der Waals surface area (Å²) < 4.78 is 12.5. The highest BCUT2D eigenvalue weighted by Crippen LogP contribution is 2.50. The second-order valence-corrected chi connectivity index (χ2v) is 27.9. The van der Waals surface area contributed by atoms with Crippen molar-refractivity contribution in [2.24, 2.45) is 11.8 Å². The van der Waals surface area contributed by atoms with Crippen LogP contribution in [0.4, 0.5) is 0 Å². The molecular weight excluding hydrogens is 1240 g/mol. The number of piperazine rings is 2. The van der Waals surface area contributed by atoms with E-state index in [0.29, 0.717) is 64.7 Å². The molecule has 0 spiro atoms. The van der Waals surface area contributed by atoms with E-state index in [1.807, 2.05) is 60.7 Å². The minimum absolute atomic E-state index is 0.171. The Labute approximate surface area is 552 Å². The summed E-state index contributed by atoms with van der Waals surface area (Å²) in [6, 6.07) is 28.9. The number of hydrogen-bond acceptors (Lipinski definition) is 16. The number of aliphatic carboxylic acids is 2. The SMILES string of the molecule is CN1C[C@H](C(=O)N[C@]2(C)O[C@@]3(O)[C@@H]4CCCN4C(=O)[C@H](Cc4ccccc4)N3C2=O)C[C@@H]2c3cccc4[nH]cc(c34)C[C@H]21.CN1C[C@H](C(=O)N[C@]2(C)O[C@@]3(O)[C@@H]4CCCN4C(=O)[C@H](Cc4ccccc4)N3C2=O)C[C@@H]2c3cccc4[nH]cc(c34)C[C@H]21.O=C(O)[C@H](O)[C@@H](O)C(=O)O. The van der Waals surface area contributed by atoms with Crippen LogP contribution in [-0.2, 0) is 73.5 Å². The lowest BCUT2D eigenvalue weighted by atomic mass is 9.72. The number of carboxylic acids is 2. The van der Waals surface area contributed by atoms with Gasteiger partial charge in [-0.25, -0.2) is 9.59 Å². The average Bonchev–Trinajstić information content (AvgIpc) is 1.54. The monoisotopic (exact) mass is 1320 g/mol. The number of aliphatic hydroxyl groups is 4. The summed E-state index contributed by atoms with van der Waals surface area (Å²) in [7, 11) is 4.12. The number of piperidine rings is 2. The highest BCUT2D eigenvalue weighted by molar-refractivity contribution is 5.99. The second-order valence-electron chi connectivity index (χ2n) is 27.9. The standard InChI is InChI=1S/2C33H37N5O5.C4H6O6/c2*1-32(35-29(39)21-15-23-22-10-6-11-24-28(22)20(17-34-24)16-25(23)36(2)18-21)31(41)38-26(14-19-8-4-3-5-9-19)30(40)37-13-7-12-27(37)33(38,42)43-32;5-1(3(7)8)2(6)4(9)10/h2*3-6,8-11,17,21,23,25-27,34,42H,7,12-16,18H2,1-2H3,(H,35,39);1-2,5-6H,(H,7,8)(H,9,10)/t2*21-,23-,25-,26+,27+,32-,33+;1-,2-/m111/s1. The number of likely N-dealkylation sites (tertiary alicyclic amines) is 2. The molecule has 8 aliphatic heterocycles. The number of fused-ring (bicyclic) bond motifs is 10. The number of H-pyrrole nitrogens is 2. The summed E-state index contributed by atoms with van der Waals surface area (Å²) in [4.78, 5) is 120. The maximum absolute atomic E-state index is 14.2. The summed E-state index contributed by atoms with van der Waals surface area (Å²) in [6.07, 6.45) is 5.72. The third-order valence-corrected chi connectivity index (χ3v) is 22.1. The number of aromatic amines is 2. The first-order valence-corrected chi connectivity index (χ1v) is 33.1. The summed E-state index contributed by atoms with van der Waals surface area (Å²) in [5.41, 5.74) is 5.48. The molecule has 506 valence electrons. The van der Waals surface area contributed by atoms with E-state index in [4.69, 9.17) is 29.9 Å². The number of carbonyl (C=O) groups is 8. The van der Waals surface area contributed by atoms with E-state index in [2.05, 4.69) is 93.3 Å². The second kappa shape index (κ2) is 24.2. The van der Waals surface area contributed by atoms with Crippen molar-refractivity contribution in [2.75, 3.05) is 40.3 Å². The molecule has 0 radical (unpaired) electrons. The van der Waals surface area contributed by atoms with E-state index in [-0.39, 0.29) is 72.2 Å². The lowest BCUT2D eigenvalue weighted by Gasteiger charge is -2.48. The average molecular weight is 1320 g/mol. The number of likely N-dealkylation sites (N-methyl/N-ethyl adjacent to an activating group) is 2. The summed E-state index contributed by atoms with van der Waals surface area (Å²) in [6.45, 7) is 5.11. The molecule has 6 amide bonds. The van der Waals surface area contributed by atoms with Crippen LogP contribution in [0.1, 0.15) is 97.6 Å². The number of nitrogens with zero attached hydrogens (tertiary/aromatic N) is 6. The van der Waals surface area contributed by atoms with Crippen LogP contribution in [0.25, 0.3) is 21.8 Å². The van der Waals surface area contributed by atoms with Gasteiger partial charge in [0.25, 0.3) is 23.6 Å². The van der Waals surface area contributed by atoms with Crippen LogP contribution in [-0.4, -0.2) is 229 Å². The van der Waals surface area contributed by atoms with Gasteiger partial charge in [-0.1, -0.05) is 84.9 Å². The first kappa shape index (κ1) is 64.7. The third kappa shape index (κ3) is 10.6. The topological polar surface area (TPSA) is 351 Å². The molecule has 2 aromatic heterocycles. The van der Waals surface area contributed by atoms with Crippen LogP contribution in [0.5, 0.6) is 0 Å². The Hall–Kier alpha value is -8.60. The van der Waals surface area contributed by atoms with Gasteiger partial charge in [-0.15, -0.1) is 0 Å². The fourth-order valence-electron chi connectivity index (χ4n) is 17.6. The minimum atomic E-state index is -2.27. The molecule has 10 N–H and O–H groups in total. The molecule has 4 aromatic carbocycles. The fourth-order valence-corrected chi connectivity index (χ4v) is 17.6. The predicted molar refractivity (Wildman–Crippen MR) is 342 cm³/mol. The minimum Gasteiger partial charge on any atom is -0.479 e. The Bertz CT molecular complexity index is 3850. The molecule has 26 nitrogen and oxygen atoms in total. The first-order chi connectivity index (χ1) is 45.8. The van der Waals surface area contributed by atoms with Crippen LogP contribution in [0.15, 0.2) is 109 Å². The largest absolute Gasteiger partial charge is 0.479 e. The van der Waals surface area contributed by atoms with Gasteiger partial charge in [-0.2, -0.15) is 0 Å². The molecule has 26 heteroatoms. The van der Waals surface area contributed by atoms with Crippen molar-refractivity contribution in [3.8, 4) is 0 Å². The Kier molecular flexibility index (Phi) is 16.3. The smallest absolute Gasteiger partial charge is 0.335 e. The van der Waals surface area contributed by atoms with Crippen molar-refractivity contribution in [1.29, 1.82) is 0 Å². The lowest BCUT2D eigenvalue weighted by molar-refractivity contribution is -0.315. The van der Waals surface area contributed by atoms with Gasteiger partial charge in [0.05, 0.1) is 11.8 Å². The zero-order chi connectivity index (χ0) is 67.7. The van der Waals surface area contributed by atoms with Crippen LogP contribution in [0.2, 0.25) is 0 Å². The summed E-state index contributed by atoms with van der Waals surface area (Å²) >= 11 is 0. The van der Waals surface area contributed by atoms with Crippen LogP contribution in [0, 0.1) is 11.8 Å². The summed E-state index contributed by atoms with van der Waals surface area (Å²) in [5.74, 6) is -10.2. The van der Waals surface area contributed by atoms with Crippen molar-refractivity contribution in [3.05, 3.63) is 143 Å². The molecule has 0 saturated carbocycles. The van der Waals surface area contributed by atoms with Crippen LogP contribution < -0.4 is 10.6 Å². The molecule has 0 bridgehead atoms. The van der Waals surface area contributed by atoms with E-state index in [9.17, 15) is 48.6 Å². The first-order valence-electron chi connectivity index (χ1n) is 33.1. The molecule has 8 saturated heterocycles. The Morgan fingerprint density at radius 2 is 0.958 bits per heavy atom. The fraction of sp³-hybridized carbons (Fsp3) is 0.486. The van der Waals surface area contributed by atoms with E-state index in [1.54, 1.807) is 9.80 Å². The van der Waals surface area contributed by atoms with E-state index >= 15 is 0 Å². The Morgan fingerprint density at radius 3 is 1.33 bits per heavy atom. The van der Waals surface area contributed by atoms with Gasteiger partial charge >= 0.3 is 11.9 Å². The van der Waals surface area contributed by atoms with E-state index < -0.39 is 83.4 Å². The summed E-state index contributed by atoms with van der Waals surface area (Å²) in [5, 5.41) is 65.0. The number of aliphatic hydroxyl groups excluding tert-OH is 2. The van der Waals surface area contributed by atoms with Gasteiger partial charge in [-0.3, -0.25) is 48.0 Å². The van der Waals surface area contributed by atoms with Crippen LogP contribution in [0.3, 0.4) is 0 Å². The third-order valence-electron chi connectivity index (χ3n) is 22.1. The predicted octanol–water partition coefficient (Wildman–Crippen LogP) is 2.04. The highest BCUT2D eigenvalue weighted by atomic mass is 16.7. The van der Waals surface area contributed by atoms with Gasteiger partial charge in [0.15, 0.2) is 12.2 Å². The number of amides is 6. The normalized spacial score (nSPS) is 33.2. The van der Waals surface area contributed by atoms with Gasteiger partial charge in [0.1, 0.15) is 24.2 Å². The number of benzene rings is 4. The molecule has 6 aromatic rings. The van der Waals surface area contributed by atoms with Gasteiger partial charge in [0, 0.05) is 97.1 Å². The molecule has 10 aliphatic rings. The molecule has 0 unspecified atom stereocenters. The molecule has 10 heterocycles. The number of aromatic nitrogens is 2. The Morgan fingerprint density at radius 1 is 0.573 bits per heavy atom. The zero-order valence-electron chi connectivity index (χ0n) is 53.7. The molecule has 2 aliphatic carbocycles. The van der Waals surface area contributed by atoms with Crippen molar-refractivity contribution in [2.45, 2.75) is 162 Å². The Balaban J connectivity index is 0.000000145.